The summed E-state index contributed by atoms with van der Waals surface area (Å²) in [5.74, 6) is 0.601. The summed E-state index contributed by atoms with van der Waals surface area (Å²) in [6.07, 6.45) is 0.111. The first kappa shape index (κ1) is 12.6. The minimum absolute atomic E-state index is 0.0520. The lowest BCUT2D eigenvalue weighted by atomic mass is 10.2. The maximum absolute atomic E-state index is 10.7. The Balaban J connectivity index is 2.28. The number of aromatic nitrogens is 1. The van der Waals surface area contributed by atoms with Crippen LogP contribution in [0.5, 0.6) is 0 Å². The van der Waals surface area contributed by atoms with Crippen molar-refractivity contribution in [1.82, 2.24) is 4.98 Å². The highest BCUT2D eigenvalue weighted by Gasteiger charge is 2.25. The van der Waals surface area contributed by atoms with Crippen molar-refractivity contribution in [3.63, 3.8) is 0 Å². The van der Waals surface area contributed by atoms with Crippen LogP contribution in [0.15, 0.2) is 12.1 Å². The fourth-order valence-corrected chi connectivity index (χ4v) is 1.99. The van der Waals surface area contributed by atoms with Crippen LogP contribution in [-0.4, -0.2) is 35.2 Å². The summed E-state index contributed by atoms with van der Waals surface area (Å²) < 4.78 is 5.53. The molecule has 2 atom stereocenters. The minimum Gasteiger partial charge on any atom is -0.378 e. The molecule has 2 N–H and O–H groups in total. The number of morpholine rings is 1. The highest BCUT2D eigenvalue weighted by atomic mass is 16.6. The SMILES string of the molecule is CC1CN(c2ccc([N+](=O)[O-])c(N)n2)C(C)CO1. The molecule has 0 spiro atoms. The number of nitro groups is 1. The number of rotatable bonds is 2. The zero-order chi connectivity index (χ0) is 13.3. The van der Waals surface area contributed by atoms with E-state index in [-0.39, 0.29) is 23.7 Å². The normalized spacial score (nSPS) is 24.0. The lowest BCUT2D eigenvalue weighted by Gasteiger charge is -2.37. The van der Waals surface area contributed by atoms with Gasteiger partial charge in [-0.2, -0.15) is 0 Å². The van der Waals surface area contributed by atoms with E-state index in [4.69, 9.17) is 10.5 Å². The average molecular weight is 252 g/mol. The van der Waals surface area contributed by atoms with Gasteiger partial charge in [0.1, 0.15) is 5.82 Å². The van der Waals surface area contributed by atoms with Crippen LogP contribution in [0.3, 0.4) is 0 Å². The van der Waals surface area contributed by atoms with Crippen molar-refractivity contribution in [2.45, 2.75) is 26.0 Å². The van der Waals surface area contributed by atoms with Gasteiger partial charge >= 0.3 is 5.69 Å². The van der Waals surface area contributed by atoms with E-state index in [2.05, 4.69) is 4.98 Å². The zero-order valence-corrected chi connectivity index (χ0v) is 10.4. The van der Waals surface area contributed by atoms with E-state index in [0.29, 0.717) is 19.0 Å². The van der Waals surface area contributed by atoms with Crippen molar-refractivity contribution in [1.29, 1.82) is 0 Å². The van der Waals surface area contributed by atoms with Gasteiger partial charge in [0, 0.05) is 12.6 Å². The highest BCUT2D eigenvalue weighted by Crippen LogP contribution is 2.25. The molecule has 18 heavy (non-hydrogen) atoms. The third-order valence-electron chi connectivity index (χ3n) is 2.99. The Morgan fingerprint density at radius 1 is 1.56 bits per heavy atom. The molecule has 2 unspecified atom stereocenters. The van der Waals surface area contributed by atoms with Gasteiger partial charge in [-0.05, 0) is 19.9 Å². The Hall–Kier alpha value is -1.89. The first-order chi connectivity index (χ1) is 8.49. The van der Waals surface area contributed by atoms with E-state index in [1.165, 1.54) is 6.07 Å². The van der Waals surface area contributed by atoms with E-state index in [1.54, 1.807) is 6.07 Å². The van der Waals surface area contributed by atoms with Gasteiger partial charge in [-0.3, -0.25) is 10.1 Å². The summed E-state index contributed by atoms with van der Waals surface area (Å²) in [7, 11) is 0. The number of nitrogens with zero attached hydrogens (tertiary/aromatic N) is 3. The third kappa shape index (κ3) is 2.35. The lowest BCUT2D eigenvalue weighted by Crippen LogP contribution is -2.47. The van der Waals surface area contributed by atoms with E-state index < -0.39 is 4.92 Å². The van der Waals surface area contributed by atoms with E-state index in [1.807, 2.05) is 18.7 Å². The standard InChI is InChI=1S/C11H16N4O3/c1-7-6-18-8(2)5-14(7)10-4-3-9(15(16)17)11(12)13-10/h3-4,7-8H,5-6H2,1-2H3,(H2,12,13). The lowest BCUT2D eigenvalue weighted by molar-refractivity contribution is -0.384. The van der Waals surface area contributed by atoms with E-state index >= 15 is 0 Å². The molecule has 98 valence electrons. The molecule has 0 aliphatic carbocycles. The van der Waals surface area contributed by atoms with Crippen LogP contribution in [-0.2, 0) is 4.74 Å². The number of anilines is 2. The van der Waals surface area contributed by atoms with Gasteiger partial charge in [0.05, 0.1) is 23.7 Å². The summed E-state index contributed by atoms with van der Waals surface area (Å²) >= 11 is 0. The fourth-order valence-electron chi connectivity index (χ4n) is 1.99. The first-order valence-electron chi connectivity index (χ1n) is 5.78. The predicted molar refractivity (Wildman–Crippen MR) is 67.5 cm³/mol. The summed E-state index contributed by atoms with van der Waals surface area (Å²) in [6, 6.07) is 3.20. The van der Waals surface area contributed by atoms with Gasteiger partial charge in [-0.1, -0.05) is 0 Å². The Morgan fingerprint density at radius 3 is 2.89 bits per heavy atom. The molecule has 0 aromatic carbocycles. The maximum atomic E-state index is 10.7. The smallest absolute Gasteiger partial charge is 0.311 e. The van der Waals surface area contributed by atoms with Crippen molar-refractivity contribution < 1.29 is 9.66 Å². The molecule has 0 radical (unpaired) electrons. The Bertz CT molecular complexity index is 466. The van der Waals surface area contributed by atoms with E-state index in [0.717, 1.165) is 0 Å². The summed E-state index contributed by atoms with van der Waals surface area (Å²) in [6.45, 7) is 5.31. The highest BCUT2D eigenvalue weighted by molar-refractivity contribution is 5.58. The third-order valence-corrected chi connectivity index (χ3v) is 2.99. The summed E-state index contributed by atoms with van der Waals surface area (Å²) in [5, 5.41) is 10.7. The largest absolute Gasteiger partial charge is 0.378 e. The molecule has 1 aromatic heterocycles. The van der Waals surface area contributed by atoms with Crippen LogP contribution < -0.4 is 10.6 Å². The molecule has 0 bridgehead atoms. The van der Waals surface area contributed by atoms with Crippen LogP contribution >= 0.6 is 0 Å². The van der Waals surface area contributed by atoms with Crippen molar-refractivity contribution in [3.05, 3.63) is 22.2 Å². The second-order valence-corrected chi connectivity index (χ2v) is 4.48. The van der Waals surface area contributed by atoms with Gasteiger partial charge in [-0.25, -0.2) is 4.98 Å². The second kappa shape index (κ2) is 4.77. The molecule has 1 fully saturated rings. The van der Waals surface area contributed by atoms with Crippen LogP contribution in [0.25, 0.3) is 0 Å². The molecule has 0 saturated carbocycles. The Morgan fingerprint density at radius 2 is 2.28 bits per heavy atom. The molecule has 1 aliphatic rings. The van der Waals surface area contributed by atoms with Crippen LogP contribution in [0.1, 0.15) is 13.8 Å². The van der Waals surface area contributed by atoms with Gasteiger partial charge in [-0.15, -0.1) is 0 Å². The molecular weight excluding hydrogens is 236 g/mol. The molecule has 0 amide bonds. The molecule has 7 heteroatoms. The maximum Gasteiger partial charge on any atom is 0.311 e. The predicted octanol–water partition coefficient (Wildman–Crippen LogP) is 1.19. The quantitative estimate of drug-likeness (QED) is 0.627. The molecule has 1 aromatic rings. The summed E-state index contributed by atoms with van der Waals surface area (Å²) in [4.78, 5) is 16.3. The topological polar surface area (TPSA) is 94.5 Å². The molecule has 1 saturated heterocycles. The zero-order valence-electron chi connectivity index (χ0n) is 10.4. The van der Waals surface area contributed by atoms with Crippen molar-refractivity contribution in [3.8, 4) is 0 Å². The molecule has 2 rings (SSSR count). The van der Waals surface area contributed by atoms with Crippen LogP contribution in [0.4, 0.5) is 17.3 Å². The molecular formula is C11H16N4O3. The first-order valence-corrected chi connectivity index (χ1v) is 5.78. The number of pyridine rings is 1. The van der Waals surface area contributed by atoms with Crippen LogP contribution in [0.2, 0.25) is 0 Å². The van der Waals surface area contributed by atoms with E-state index in [9.17, 15) is 10.1 Å². The second-order valence-electron chi connectivity index (χ2n) is 4.48. The minimum atomic E-state index is -0.530. The average Bonchev–Trinajstić information content (AvgIpc) is 2.31. The molecule has 2 heterocycles. The Labute approximate surface area is 105 Å². The van der Waals surface area contributed by atoms with Gasteiger partial charge in [0.15, 0.2) is 0 Å². The number of hydrogen-bond acceptors (Lipinski definition) is 6. The van der Waals surface area contributed by atoms with Gasteiger partial charge in [0.25, 0.3) is 0 Å². The number of ether oxygens (including phenoxy) is 1. The van der Waals surface area contributed by atoms with Gasteiger partial charge < -0.3 is 15.4 Å². The fraction of sp³-hybridized carbons (Fsp3) is 0.545. The monoisotopic (exact) mass is 252 g/mol. The number of hydrogen-bond donors (Lipinski definition) is 1. The van der Waals surface area contributed by atoms with Crippen molar-refractivity contribution in [2.75, 3.05) is 23.8 Å². The number of nitrogens with two attached hydrogens (primary N) is 1. The van der Waals surface area contributed by atoms with Crippen LogP contribution in [0, 0.1) is 10.1 Å². The Kier molecular flexibility index (Phi) is 3.33. The molecule has 1 aliphatic heterocycles. The number of nitrogen functional groups attached to an aromatic ring is 1. The summed E-state index contributed by atoms with van der Waals surface area (Å²) in [5.41, 5.74) is 5.44. The van der Waals surface area contributed by atoms with Crippen molar-refractivity contribution >= 4 is 17.3 Å². The molecule has 7 nitrogen and oxygen atoms in total. The van der Waals surface area contributed by atoms with Gasteiger partial charge in [0.2, 0.25) is 5.82 Å². The van der Waals surface area contributed by atoms with Crippen molar-refractivity contribution in [2.24, 2.45) is 0 Å².